The van der Waals surface area contributed by atoms with Crippen molar-refractivity contribution < 1.29 is 27.5 Å². The molecule has 10 nitrogen and oxygen atoms in total. The monoisotopic (exact) mass is 496 g/mol. The molecule has 1 heterocycles. The Bertz CT molecular complexity index is 1290. The lowest BCUT2D eigenvalue weighted by Gasteiger charge is -2.11. The van der Waals surface area contributed by atoms with Crippen molar-refractivity contribution in [2.75, 3.05) is 12.4 Å². The van der Waals surface area contributed by atoms with Crippen molar-refractivity contribution in [2.24, 2.45) is 0 Å². The Balaban J connectivity index is 1.78. The number of amides is 2. The molecular weight excluding hydrogens is 483 g/mol. The highest BCUT2D eigenvalue weighted by Gasteiger charge is 2.25. The number of nitrogens with zero attached hydrogens (tertiary/aromatic N) is 2. The number of carbonyl (C=O) groups excluding carboxylic acids is 2. The van der Waals surface area contributed by atoms with Crippen LogP contribution in [-0.4, -0.2) is 37.5 Å². The number of urea groups is 1. The number of aromatic nitrogens is 2. The van der Waals surface area contributed by atoms with E-state index in [1.165, 1.54) is 30.3 Å². The van der Waals surface area contributed by atoms with Crippen molar-refractivity contribution in [3.05, 3.63) is 70.3 Å². The van der Waals surface area contributed by atoms with E-state index in [-0.39, 0.29) is 22.5 Å². The molecule has 2 amide bonds. The Labute approximate surface area is 192 Å². The minimum atomic E-state index is -4.44. The van der Waals surface area contributed by atoms with Gasteiger partial charge in [0, 0.05) is 11.1 Å². The van der Waals surface area contributed by atoms with Crippen LogP contribution >= 0.6 is 23.2 Å². The molecule has 0 aliphatic carbocycles. The predicted octanol–water partition coefficient (Wildman–Crippen LogP) is 3.87. The summed E-state index contributed by atoms with van der Waals surface area (Å²) in [6.07, 6.45) is 0. The van der Waals surface area contributed by atoms with Crippen molar-refractivity contribution in [2.45, 2.75) is 4.90 Å². The van der Waals surface area contributed by atoms with Gasteiger partial charge in [0.1, 0.15) is 15.8 Å². The van der Waals surface area contributed by atoms with Gasteiger partial charge in [0.05, 0.1) is 12.7 Å². The molecule has 0 radical (unpaired) electrons. The largest absolute Gasteiger partial charge is 0.465 e. The molecule has 0 bridgehead atoms. The average molecular weight is 497 g/mol. The highest BCUT2D eigenvalue weighted by atomic mass is 35.5. The molecular formula is C19H14Cl2N4O6S. The molecule has 1 aromatic heterocycles. The molecule has 0 saturated heterocycles. The molecule has 0 fully saturated rings. The third-order valence-corrected chi connectivity index (χ3v) is 5.54. The number of anilines is 1. The average Bonchev–Trinajstić information content (AvgIpc) is 2.72. The second kappa shape index (κ2) is 9.81. The van der Waals surface area contributed by atoms with Crippen LogP contribution in [0.3, 0.4) is 0 Å². The van der Waals surface area contributed by atoms with Crippen LogP contribution in [0.4, 0.5) is 10.7 Å². The van der Waals surface area contributed by atoms with Crippen LogP contribution in [0.5, 0.6) is 11.6 Å². The lowest BCUT2D eigenvalue weighted by molar-refractivity contribution is 0.0596. The molecule has 13 heteroatoms. The number of hydrogen-bond donors (Lipinski definition) is 2. The van der Waals surface area contributed by atoms with E-state index < -0.39 is 26.9 Å². The van der Waals surface area contributed by atoms with Crippen molar-refractivity contribution in [3.63, 3.8) is 0 Å². The van der Waals surface area contributed by atoms with E-state index in [0.717, 1.165) is 13.2 Å². The summed E-state index contributed by atoms with van der Waals surface area (Å²) in [5.74, 6) is -0.887. The fourth-order valence-electron chi connectivity index (χ4n) is 2.44. The standard InChI is InChI=1S/C19H14Cl2N4O6S/c1-30-17(26)13-7-2-3-8-14(13)32(28,29)25-19(27)24-18-22-15(21)10-16(23-18)31-12-6-4-5-11(20)9-12/h2-10H,1H3,(H2,22,23,24,25,27). The predicted molar refractivity (Wildman–Crippen MR) is 116 cm³/mol. The third-order valence-electron chi connectivity index (χ3n) is 3.72. The van der Waals surface area contributed by atoms with E-state index in [1.807, 2.05) is 0 Å². The Morgan fingerprint density at radius 1 is 1.00 bits per heavy atom. The Morgan fingerprint density at radius 2 is 1.75 bits per heavy atom. The van der Waals surface area contributed by atoms with E-state index >= 15 is 0 Å². The van der Waals surface area contributed by atoms with Gasteiger partial charge in [-0.2, -0.15) is 4.98 Å². The van der Waals surface area contributed by atoms with E-state index in [0.29, 0.717) is 10.8 Å². The van der Waals surface area contributed by atoms with Crippen LogP contribution in [0.15, 0.2) is 59.5 Å². The summed E-state index contributed by atoms with van der Waals surface area (Å²) in [6.45, 7) is 0. The Hall–Kier alpha value is -3.41. The SMILES string of the molecule is COC(=O)c1ccccc1S(=O)(=O)NC(=O)Nc1nc(Cl)cc(Oc2cccc(Cl)c2)n1. The normalized spacial score (nSPS) is 10.8. The summed E-state index contributed by atoms with van der Waals surface area (Å²) in [5, 5.41) is 2.50. The molecule has 2 N–H and O–H groups in total. The highest BCUT2D eigenvalue weighted by Crippen LogP contribution is 2.25. The summed E-state index contributed by atoms with van der Waals surface area (Å²) >= 11 is 11.8. The zero-order valence-corrected chi connectivity index (χ0v) is 18.5. The van der Waals surface area contributed by atoms with Crippen LogP contribution in [0.1, 0.15) is 10.4 Å². The van der Waals surface area contributed by atoms with E-state index in [1.54, 1.807) is 22.9 Å². The first kappa shape index (κ1) is 23.3. The fourth-order valence-corrected chi connectivity index (χ4v) is 3.90. The number of ether oxygens (including phenoxy) is 2. The smallest absolute Gasteiger partial charge is 0.339 e. The van der Waals surface area contributed by atoms with Crippen molar-refractivity contribution in [3.8, 4) is 11.6 Å². The number of methoxy groups -OCH3 is 1. The second-order valence-electron chi connectivity index (χ2n) is 5.96. The number of nitrogens with one attached hydrogen (secondary N) is 2. The first-order valence-corrected chi connectivity index (χ1v) is 10.9. The highest BCUT2D eigenvalue weighted by molar-refractivity contribution is 7.90. The zero-order valence-electron chi connectivity index (χ0n) is 16.2. The van der Waals surface area contributed by atoms with Crippen LogP contribution in [0.2, 0.25) is 10.2 Å². The molecule has 3 aromatic rings. The minimum absolute atomic E-state index is 0.0264. The lowest BCUT2D eigenvalue weighted by atomic mass is 10.2. The maximum atomic E-state index is 12.6. The van der Waals surface area contributed by atoms with Crippen molar-refractivity contribution in [1.29, 1.82) is 0 Å². The van der Waals surface area contributed by atoms with E-state index in [2.05, 4.69) is 20.0 Å². The Morgan fingerprint density at radius 3 is 2.47 bits per heavy atom. The van der Waals surface area contributed by atoms with Crippen LogP contribution in [-0.2, 0) is 14.8 Å². The topological polar surface area (TPSA) is 137 Å². The molecule has 0 aliphatic heterocycles. The summed E-state index contributed by atoms with van der Waals surface area (Å²) < 4.78 is 37.1. The lowest BCUT2D eigenvalue weighted by Crippen LogP contribution is -2.35. The summed E-state index contributed by atoms with van der Waals surface area (Å²) in [4.78, 5) is 31.4. The maximum absolute atomic E-state index is 12.6. The van der Waals surface area contributed by atoms with Crippen LogP contribution in [0, 0.1) is 0 Å². The molecule has 0 unspecified atom stereocenters. The van der Waals surface area contributed by atoms with Gasteiger partial charge in [-0.15, -0.1) is 0 Å². The quantitative estimate of drug-likeness (QED) is 0.387. The van der Waals surface area contributed by atoms with Crippen molar-refractivity contribution in [1.82, 2.24) is 14.7 Å². The number of hydrogen-bond acceptors (Lipinski definition) is 8. The molecule has 0 saturated carbocycles. The first-order valence-electron chi connectivity index (χ1n) is 8.67. The molecule has 0 atom stereocenters. The van der Waals surface area contributed by atoms with Gasteiger partial charge in [-0.3, -0.25) is 5.32 Å². The van der Waals surface area contributed by atoms with Gasteiger partial charge in [0.15, 0.2) is 0 Å². The summed E-state index contributed by atoms with van der Waals surface area (Å²) in [7, 11) is -3.33. The molecule has 32 heavy (non-hydrogen) atoms. The van der Waals surface area contributed by atoms with Crippen LogP contribution < -0.4 is 14.8 Å². The Kier molecular flexibility index (Phi) is 7.13. The van der Waals surface area contributed by atoms with Gasteiger partial charge in [-0.25, -0.2) is 27.7 Å². The molecule has 2 aromatic carbocycles. The summed E-state index contributed by atoms with van der Waals surface area (Å²) in [6, 6.07) is 11.8. The molecule has 166 valence electrons. The number of halogens is 2. The number of rotatable bonds is 6. The second-order valence-corrected chi connectivity index (χ2v) is 8.43. The van der Waals surface area contributed by atoms with Gasteiger partial charge >= 0.3 is 12.0 Å². The van der Waals surface area contributed by atoms with Crippen LogP contribution in [0.25, 0.3) is 0 Å². The summed E-state index contributed by atoms with van der Waals surface area (Å²) in [5.41, 5.74) is -0.244. The van der Waals surface area contributed by atoms with E-state index in [4.69, 9.17) is 27.9 Å². The fraction of sp³-hybridized carbons (Fsp3) is 0.0526. The number of carbonyl (C=O) groups is 2. The maximum Gasteiger partial charge on any atom is 0.339 e. The third kappa shape index (κ3) is 5.84. The molecule has 3 rings (SSSR count). The van der Waals surface area contributed by atoms with Crippen molar-refractivity contribution >= 4 is 51.2 Å². The minimum Gasteiger partial charge on any atom is -0.465 e. The zero-order chi connectivity index (χ0) is 23.3. The van der Waals surface area contributed by atoms with Gasteiger partial charge in [-0.1, -0.05) is 41.4 Å². The van der Waals surface area contributed by atoms with E-state index in [9.17, 15) is 18.0 Å². The van der Waals surface area contributed by atoms with Gasteiger partial charge in [0.2, 0.25) is 11.8 Å². The van der Waals surface area contributed by atoms with Gasteiger partial charge < -0.3 is 9.47 Å². The number of esters is 1. The number of benzene rings is 2. The first-order chi connectivity index (χ1) is 15.2. The molecule has 0 aliphatic rings. The molecule has 0 spiro atoms. The number of sulfonamides is 1. The van der Waals surface area contributed by atoms with Gasteiger partial charge in [-0.05, 0) is 30.3 Å². The van der Waals surface area contributed by atoms with Gasteiger partial charge in [0.25, 0.3) is 10.0 Å².